The quantitative estimate of drug-likeness (QED) is 0.750. The molecule has 1 unspecified atom stereocenters. The maximum atomic E-state index is 12.9. The zero-order valence-corrected chi connectivity index (χ0v) is 14.7. The van der Waals surface area contributed by atoms with Crippen molar-refractivity contribution in [3.63, 3.8) is 0 Å². The van der Waals surface area contributed by atoms with Gasteiger partial charge in [0.2, 0.25) is 0 Å². The number of rotatable bonds is 5. The first kappa shape index (κ1) is 16.2. The molecule has 9 nitrogen and oxygen atoms in total. The van der Waals surface area contributed by atoms with Crippen molar-refractivity contribution >= 4 is 17.2 Å². The maximum absolute atomic E-state index is 12.9. The summed E-state index contributed by atoms with van der Waals surface area (Å²) in [6.45, 7) is 8.54. The van der Waals surface area contributed by atoms with Gasteiger partial charge in [-0.3, -0.25) is 4.79 Å². The van der Waals surface area contributed by atoms with Crippen LogP contribution in [0.4, 0.5) is 0 Å². The lowest BCUT2D eigenvalue weighted by molar-refractivity contribution is 0.0937. The highest BCUT2D eigenvalue weighted by Crippen LogP contribution is 2.30. The number of nitrogens with zero attached hydrogens (tertiary/aromatic N) is 7. The van der Waals surface area contributed by atoms with E-state index in [1.165, 1.54) is 22.3 Å². The van der Waals surface area contributed by atoms with Crippen LogP contribution in [0.2, 0.25) is 0 Å². The first-order valence-electron chi connectivity index (χ1n) is 7.54. The van der Waals surface area contributed by atoms with Gasteiger partial charge < -0.3 is 9.88 Å². The molecule has 10 heteroatoms. The van der Waals surface area contributed by atoms with Crippen molar-refractivity contribution in [2.24, 2.45) is 0 Å². The lowest BCUT2D eigenvalue weighted by Gasteiger charge is -2.14. The molecule has 0 bridgehead atoms. The molecule has 0 fully saturated rings. The van der Waals surface area contributed by atoms with E-state index in [1.807, 2.05) is 32.3 Å². The number of nitrogens with one attached hydrogen (secondary N) is 1. The summed E-state index contributed by atoms with van der Waals surface area (Å²) in [5.74, 6) is 0.542. The van der Waals surface area contributed by atoms with E-state index in [1.54, 1.807) is 6.33 Å². The molecule has 3 heterocycles. The molecule has 0 aliphatic heterocycles. The average molecular weight is 346 g/mol. The highest BCUT2D eigenvalue weighted by Gasteiger charge is 2.24. The number of aromatic nitrogens is 7. The smallest absolute Gasteiger partial charge is 0.255 e. The zero-order valence-electron chi connectivity index (χ0n) is 13.9. The van der Waals surface area contributed by atoms with E-state index in [9.17, 15) is 4.79 Å². The van der Waals surface area contributed by atoms with Crippen LogP contribution in [0.5, 0.6) is 0 Å². The van der Waals surface area contributed by atoms with E-state index in [-0.39, 0.29) is 11.9 Å². The Balaban J connectivity index is 1.91. The fourth-order valence-corrected chi connectivity index (χ4v) is 3.54. The van der Waals surface area contributed by atoms with Crippen LogP contribution in [0.3, 0.4) is 0 Å². The number of hydrogen-bond donors (Lipinski definition) is 1. The molecule has 1 amide bonds. The topological polar surface area (TPSA) is 103 Å². The molecule has 1 N–H and O–H groups in total. The van der Waals surface area contributed by atoms with Gasteiger partial charge in [-0.1, -0.05) is 0 Å². The van der Waals surface area contributed by atoms with Crippen LogP contribution in [0.15, 0.2) is 12.7 Å². The van der Waals surface area contributed by atoms with Crippen LogP contribution in [-0.4, -0.2) is 40.9 Å². The summed E-state index contributed by atoms with van der Waals surface area (Å²) < 4.78 is 3.41. The van der Waals surface area contributed by atoms with Gasteiger partial charge in [-0.25, -0.2) is 0 Å². The zero-order chi connectivity index (χ0) is 17.3. The van der Waals surface area contributed by atoms with Crippen LogP contribution < -0.4 is 5.32 Å². The lowest BCUT2D eigenvalue weighted by Crippen LogP contribution is -2.29. The van der Waals surface area contributed by atoms with Crippen LogP contribution >= 0.6 is 11.3 Å². The van der Waals surface area contributed by atoms with E-state index in [0.29, 0.717) is 10.6 Å². The lowest BCUT2D eigenvalue weighted by atomic mass is 10.1. The Labute approximate surface area is 142 Å². The third kappa shape index (κ3) is 2.80. The number of carbonyl (C=O) groups excluding carboxylic acids is 1. The number of tetrazole rings is 1. The van der Waals surface area contributed by atoms with Gasteiger partial charge in [-0.2, -0.15) is 4.68 Å². The van der Waals surface area contributed by atoms with Gasteiger partial charge in [0.25, 0.3) is 5.91 Å². The van der Waals surface area contributed by atoms with Crippen molar-refractivity contribution in [3.05, 3.63) is 34.5 Å². The molecule has 0 aliphatic rings. The Bertz CT molecular complexity index is 850. The highest BCUT2D eigenvalue weighted by molar-refractivity contribution is 7.15. The number of amides is 1. The second-order valence-electron chi connectivity index (χ2n) is 5.39. The number of hydrogen-bond acceptors (Lipinski definition) is 7. The molecule has 0 saturated carbocycles. The van der Waals surface area contributed by atoms with Crippen molar-refractivity contribution < 1.29 is 4.79 Å². The summed E-state index contributed by atoms with van der Waals surface area (Å²) >= 11 is 1.49. The largest absolute Gasteiger partial charge is 0.342 e. The molecule has 1 atom stereocenters. The molecular formula is C14H18N8OS. The Hall–Kier alpha value is -2.62. The van der Waals surface area contributed by atoms with Crippen molar-refractivity contribution in [2.45, 2.75) is 40.3 Å². The van der Waals surface area contributed by atoms with Gasteiger partial charge in [-0.05, 0) is 43.7 Å². The van der Waals surface area contributed by atoms with Gasteiger partial charge in [0.05, 0.1) is 11.6 Å². The molecular weight excluding hydrogens is 328 g/mol. The van der Waals surface area contributed by atoms with Crippen molar-refractivity contribution in [1.82, 2.24) is 40.3 Å². The van der Waals surface area contributed by atoms with Crippen LogP contribution in [0.25, 0.3) is 5.00 Å². The molecule has 3 aromatic rings. The fourth-order valence-electron chi connectivity index (χ4n) is 2.47. The molecule has 24 heavy (non-hydrogen) atoms. The number of thiophene rings is 1. The molecule has 0 aromatic carbocycles. The highest BCUT2D eigenvalue weighted by atomic mass is 32.1. The summed E-state index contributed by atoms with van der Waals surface area (Å²) in [7, 11) is 0. The third-order valence-corrected chi connectivity index (χ3v) is 5.07. The first-order chi connectivity index (χ1) is 11.5. The molecule has 0 aliphatic carbocycles. The minimum Gasteiger partial charge on any atom is -0.342 e. The van der Waals surface area contributed by atoms with Gasteiger partial charge in [0, 0.05) is 11.4 Å². The van der Waals surface area contributed by atoms with Gasteiger partial charge >= 0.3 is 0 Å². The van der Waals surface area contributed by atoms with Crippen molar-refractivity contribution in [1.29, 1.82) is 0 Å². The maximum Gasteiger partial charge on any atom is 0.255 e. The van der Waals surface area contributed by atoms with Crippen LogP contribution in [0.1, 0.15) is 46.5 Å². The Kier molecular flexibility index (Phi) is 4.38. The van der Waals surface area contributed by atoms with E-state index < -0.39 is 0 Å². The second kappa shape index (κ2) is 6.48. The van der Waals surface area contributed by atoms with Gasteiger partial charge in [-0.15, -0.1) is 26.6 Å². The summed E-state index contributed by atoms with van der Waals surface area (Å²) in [5, 5.41) is 22.9. The summed E-state index contributed by atoms with van der Waals surface area (Å²) in [5.41, 5.74) is 1.51. The Morgan fingerprint density at radius 1 is 1.33 bits per heavy atom. The Morgan fingerprint density at radius 3 is 2.79 bits per heavy atom. The van der Waals surface area contributed by atoms with E-state index in [4.69, 9.17) is 0 Å². The molecule has 3 rings (SSSR count). The molecule has 3 aromatic heterocycles. The fraction of sp³-hybridized carbons (Fsp3) is 0.429. The number of aryl methyl sites for hydroxylation is 2. The molecule has 126 valence electrons. The minimum atomic E-state index is -0.263. The van der Waals surface area contributed by atoms with Crippen LogP contribution in [-0.2, 0) is 6.54 Å². The van der Waals surface area contributed by atoms with Crippen LogP contribution in [0, 0.1) is 13.8 Å². The van der Waals surface area contributed by atoms with E-state index >= 15 is 0 Å². The second-order valence-corrected chi connectivity index (χ2v) is 6.59. The SMILES string of the molecule is CCn1cnnc1C(C)NC(=O)c1c(-n2cnnn2)sc(C)c1C. The van der Waals surface area contributed by atoms with E-state index in [0.717, 1.165) is 22.8 Å². The summed E-state index contributed by atoms with van der Waals surface area (Å²) in [6.07, 6.45) is 3.14. The minimum absolute atomic E-state index is 0.180. The monoisotopic (exact) mass is 346 g/mol. The summed E-state index contributed by atoms with van der Waals surface area (Å²) in [4.78, 5) is 13.9. The number of carbonyl (C=O) groups is 1. The standard InChI is InChI=1S/C14H18N8OS/c1-5-21-6-15-18-12(21)9(3)17-13(23)11-8(2)10(4)24-14(11)22-7-16-19-20-22/h6-7,9H,5H2,1-4H3,(H,17,23). The van der Waals surface area contributed by atoms with Gasteiger partial charge in [0.1, 0.15) is 17.7 Å². The average Bonchev–Trinajstić information content (AvgIpc) is 3.28. The molecule has 0 saturated heterocycles. The van der Waals surface area contributed by atoms with Crippen molar-refractivity contribution in [3.8, 4) is 5.00 Å². The van der Waals surface area contributed by atoms with Gasteiger partial charge in [0.15, 0.2) is 5.82 Å². The predicted octanol–water partition coefficient (Wildman–Crippen LogP) is 1.44. The third-order valence-electron chi connectivity index (χ3n) is 3.87. The Morgan fingerprint density at radius 2 is 2.12 bits per heavy atom. The molecule has 0 radical (unpaired) electrons. The first-order valence-corrected chi connectivity index (χ1v) is 8.36. The summed E-state index contributed by atoms with van der Waals surface area (Å²) in [6, 6.07) is -0.263. The molecule has 0 spiro atoms. The van der Waals surface area contributed by atoms with E-state index in [2.05, 4.69) is 31.0 Å². The van der Waals surface area contributed by atoms with Crippen molar-refractivity contribution in [2.75, 3.05) is 0 Å². The normalized spacial score (nSPS) is 12.3. The predicted molar refractivity (Wildman–Crippen MR) is 88.1 cm³/mol.